The molecule has 3 amide bonds. The van der Waals surface area contributed by atoms with E-state index >= 15 is 0 Å². The number of hydrogen-bond acceptors (Lipinski definition) is 4. The zero-order valence-corrected chi connectivity index (χ0v) is 15.9. The maximum absolute atomic E-state index is 12.2. The second-order valence-corrected chi connectivity index (χ2v) is 7.56. The van der Waals surface area contributed by atoms with Crippen molar-refractivity contribution >= 4 is 29.2 Å². The van der Waals surface area contributed by atoms with Gasteiger partial charge in [-0.25, -0.2) is 4.79 Å². The van der Waals surface area contributed by atoms with E-state index in [1.807, 2.05) is 0 Å². The number of carbonyl (C=O) groups excluding carboxylic acids is 2. The van der Waals surface area contributed by atoms with E-state index in [-0.39, 0.29) is 36.6 Å². The van der Waals surface area contributed by atoms with Crippen LogP contribution in [0.3, 0.4) is 0 Å². The maximum Gasteiger partial charge on any atom is 0.319 e. The van der Waals surface area contributed by atoms with E-state index in [4.69, 9.17) is 16.3 Å². The quantitative estimate of drug-likeness (QED) is 0.569. The molecule has 2 fully saturated rings. The van der Waals surface area contributed by atoms with E-state index in [0.29, 0.717) is 30.1 Å². The summed E-state index contributed by atoms with van der Waals surface area (Å²) in [6, 6.07) is 6.26. The number of amides is 3. The monoisotopic (exact) mass is 395 g/mol. The molecule has 27 heavy (non-hydrogen) atoms. The predicted molar refractivity (Wildman–Crippen MR) is 103 cm³/mol. The lowest BCUT2D eigenvalue weighted by Crippen LogP contribution is -2.52. The number of aliphatic hydroxyl groups is 1. The van der Waals surface area contributed by atoms with Crippen molar-refractivity contribution in [2.24, 2.45) is 5.92 Å². The number of urea groups is 1. The van der Waals surface area contributed by atoms with Crippen LogP contribution >= 0.6 is 11.6 Å². The molecule has 0 bridgehead atoms. The zero-order chi connectivity index (χ0) is 19.2. The van der Waals surface area contributed by atoms with Gasteiger partial charge in [0.15, 0.2) is 0 Å². The predicted octanol–water partition coefficient (Wildman–Crippen LogP) is 2.29. The van der Waals surface area contributed by atoms with Crippen molar-refractivity contribution in [1.82, 2.24) is 10.6 Å². The largest absolute Gasteiger partial charge is 0.394 e. The average molecular weight is 396 g/mol. The van der Waals surface area contributed by atoms with E-state index in [0.717, 1.165) is 19.3 Å². The van der Waals surface area contributed by atoms with Gasteiger partial charge in [0.2, 0.25) is 5.91 Å². The van der Waals surface area contributed by atoms with Gasteiger partial charge in [0.25, 0.3) is 0 Å². The third-order valence-corrected chi connectivity index (χ3v) is 5.14. The molecular formula is C19H26ClN3O4. The fourth-order valence-corrected chi connectivity index (χ4v) is 3.45. The van der Waals surface area contributed by atoms with Gasteiger partial charge in [-0.3, -0.25) is 4.79 Å². The summed E-state index contributed by atoms with van der Waals surface area (Å²) >= 11 is 5.91. The molecular weight excluding hydrogens is 370 g/mol. The highest BCUT2D eigenvalue weighted by Gasteiger charge is 2.32. The van der Waals surface area contributed by atoms with Gasteiger partial charge in [0.05, 0.1) is 18.8 Å². The van der Waals surface area contributed by atoms with Crippen LogP contribution in [0.25, 0.3) is 0 Å². The summed E-state index contributed by atoms with van der Waals surface area (Å²) in [5.41, 5.74) is 0.599. The molecule has 0 unspecified atom stereocenters. The van der Waals surface area contributed by atoms with Crippen LogP contribution in [0.5, 0.6) is 0 Å². The Bertz CT molecular complexity index is 668. The normalized spacial score (nSPS) is 24.9. The smallest absolute Gasteiger partial charge is 0.319 e. The van der Waals surface area contributed by atoms with Crippen LogP contribution in [0.4, 0.5) is 10.5 Å². The number of anilines is 1. The number of benzene rings is 1. The van der Waals surface area contributed by atoms with E-state index < -0.39 is 6.10 Å². The maximum atomic E-state index is 12.2. The van der Waals surface area contributed by atoms with Gasteiger partial charge in [0.1, 0.15) is 6.10 Å². The molecule has 1 aromatic rings. The number of halogens is 1. The third kappa shape index (κ3) is 6.09. The highest BCUT2D eigenvalue weighted by Crippen LogP contribution is 2.29. The topological polar surface area (TPSA) is 99.7 Å². The Balaban J connectivity index is 1.42. The zero-order valence-electron chi connectivity index (χ0n) is 15.1. The first-order valence-electron chi connectivity index (χ1n) is 9.42. The molecule has 3 rings (SSSR count). The van der Waals surface area contributed by atoms with Crippen LogP contribution in [0.15, 0.2) is 24.3 Å². The molecule has 1 aromatic carbocycles. The molecule has 1 saturated carbocycles. The van der Waals surface area contributed by atoms with Gasteiger partial charge in [0, 0.05) is 23.2 Å². The minimum absolute atomic E-state index is 0.0318. The van der Waals surface area contributed by atoms with E-state index in [2.05, 4.69) is 16.0 Å². The Kier molecular flexibility index (Phi) is 6.93. The molecule has 8 heteroatoms. The first kappa shape index (κ1) is 19.9. The Morgan fingerprint density at radius 1 is 1.22 bits per heavy atom. The first-order chi connectivity index (χ1) is 13.0. The van der Waals surface area contributed by atoms with Crippen LogP contribution in [-0.4, -0.2) is 48.4 Å². The van der Waals surface area contributed by atoms with Crippen LogP contribution < -0.4 is 16.0 Å². The lowest BCUT2D eigenvalue weighted by atomic mass is 9.97. The van der Waals surface area contributed by atoms with Crippen molar-refractivity contribution in [3.8, 4) is 0 Å². The number of ether oxygens (including phenoxy) is 1. The van der Waals surface area contributed by atoms with Crippen LogP contribution in [0.1, 0.15) is 32.1 Å². The van der Waals surface area contributed by atoms with Crippen molar-refractivity contribution in [3.05, 3.63) is 29.3 Å². The summed E-state index contributed by atoms with van der Waals surface area (Å²) in [5.74, 6) is 0.329. The van der Waals surface area contributed by atoms with Crippen molar-refractivity contribution in [2.45, 2.75) is 50.4 Å². The lowest BCUT2D eigenvalue weighted by molar-refractivity contribution is -0.122. The molecule has 1 heterocycles. The molecule has 1 aliphatic heterocycles. The first-order valence-corrected chi connectivity index (χ1v) is 9.80. The Morgan fingerprint density at radius 3 is 2.74 bits per heavy atom. The number of nitrogens with one attached hydrogen (secondary N) is 3. The van der Waals surface area contributed by atoms with E-state index in [1.165, 1.54) is 0 Å². The molecule has 0 radical (unpaired) electrons. The highest BCUT2D eigenvalue weighted by atomic mass is 35.5. The molecule has 148 valence electrons. The van der Waals surface area contributed by atoms with Crippen LogP contribution in [-0.2, 0) is 9.53 Å². The Hall–Kier alpha value is -1.83. The molecule has 2 aliphatic rings. The average Bonchev–Trinajstić information content (AvgIpc) is 3.48. The standard InChI is InChI=1S/C19H26ClN3O4/c20-13-2-1-3-14(10-13)22-19(26)23-16-7-6-15(27-17(16)11-24)8-9-21-18(25)12-4-5-12/h1-3,10,12,15-17,24H,4-9,11H2,(H,21,25)(H2,22,23,26)/t15-,16+,17-/m0/s1. The minimum Gasteiger partial charge on any atom is -0.394 e. The molecule has 1 aliphatic carbocycles. The van der Waals surface area contributed by atoms with Crippen LogP contribution in [0, 0.1) is 5.92 Å². The highest BCUT2D eigenvalue weighted by molar-refractivity contribution is 6.30. The Morgan fingerprint density at radius 2 is 2.04 bits per heavy atom. The van der Waals surface area contributed by atoms with Gasteiger partial charge in [-0.05, 0) is 50.3 Å². The number of rotatable bonds is 7. The summed E-state index contributed by atoms with van der Waals surface area (Å²) in [5, 5.41) is 18.7. The minimum atomic E-state index is -0.465. The molecule has 7 nitrogen and oxygen atoms in total. The molecule has 4 N–H and O–H groups in total. The summed E-state index contributed by atoms with van der Waals surface area (Å²) in [7, 11) is 0. The van der Waals surface area contributed by atoms with E-state index in [9.17, 15) is 14.7 Å². The fourth-order valence-electron chi connectivity index (χ4n) is 3.26. The molecule has 0 spiro atoms. The molecule has 0 aromatic heterocycles. The van der Waals surface area contributed by atoms with Gasteiger partial charge in [-0.15, -0.1) is 0 Å². The fraction of sp³-hybridized carbons (Fsp3) is 0.579. The summed E-state index contributed by atoms with van der Waals surface area (Å²) in [6.07, 6.45) is 3.65. The second kappa shape index (κ2) is 9.39. The van der Waals surface area contributed by atoms with Crippen molar-refractivity contribution < 1.29 is 19.4 Å². The van der Waals surface area contributed by atoms with Crippen LogP contribution in [0.2, 0.25) is 5.02 Å². The van der Waals surface area contributed by atoms with Gasteiger partial charge in [-0.1, -0.05) is 17.7 Å². The second-order valence-electron chi connectivity index (χ2n) is 7.13. The number of hydrogen-bond donors (Lipinski definition) is 4. The van der Waals surface area contributed by atoms with Crippen molar-refractivity contribution in [2.75, 3.05) is 18.5 Å². The molecule has 1 saturated heterocycles. The van der Waals surface area contributed by atoms with Gasteiger partial charge in [-0.2, -0.15) is 0 Å². The van der Waals surface area contributed by atoms with E-state index in [1.54, 1.807) is 24.3 Å². The summed E-state index contributed by atoms with van der Waals surface area (Å²) < 4.78 is 5.91. The lowest BCUT2D eigenvalue weighted by Gasteiger charge is -2.36. The van der Waals surface area contributed by atoms with Gasteiger partial charge >= 0.3 is 6.03 Å². The Labute approximate surface area is 163 Å². The third-order valence-electron chi connectivity index (χ3n) is 4.91. The molecule has 3 atom stereocenters. The number of carbonyl (C=O) groups is 2. The summed E-state index contributed by atoms with van der Waals surface area (Å²) in [4.78, 5) is 23.9. The SMILES string of the molecule is O=C(Nc1cccc(Cl)c1)N[C@@H]1CC[C@@H](CCNC(=O)C2CC2)O[C@H]1CO. The number of aliphatic hydroxyl groups excluding tert-OH is 1. The van der Waals surface area contributed by atoms with Crippen molar-refractivity contribution in [3.63, 3.8) is 0 Å². The summed E-state index contributed by atoms with van der Waals surface area (Å²) in [6.45, 7) is 0.401. The van der Waals surface area contributed by atoms with Gasteiger partial charge < -0.3 is 25.8 Å². The van der Waals surface area contributed by atoms with Crippen molar-refractivity contribution in [1.29, 1.82) is 0 Å².